The molecule has 0 aromatic heterocycles. The van der Waals surface area contributed by atoms with Crippen LogP contribution >= 0.6 is 0 Å². The number of rotatable bonds is 10. The van der Waals surface area contributed by atoms with Crippen LogP contribution in [0.25, 0.3) is 0 Å². The third-order valence-electron chi connectivity index (χ3n) is 6.53. The lowest BCUT2D eigenvalue weighted by Crippen LogP contribution is -2.50. The Hall–Kier alpha value is -4.85. The molecule has 0 radical (unpaired) electrons. The predicted octanol–water partition coefficient (Wildman–Crippen LogP) is 3.75. The zero-order chi connectivity index (χ0) is 29.1. The minimum Gasteiger partial charge on any atom is -0.489 e. The number of fused-ring (bicyclic) bond motifs is 1. The smallest absolute Gasteiger partial charge is 0.252 e. The Labute approximate surface area is 233 Å². The van der Waals surface area contributed by atoms with Crippen LogP contribution in [0, 0.1) is 22.7 Å². The molecule has 0 saturated heterocycles. The summed E-state index contributed by atoms with van der Waals surface area (Å²) in [6.45, 7) is 4.04. The standard InChI is InChI=1S/C29H34N8O3/c1-4-19(2)23(17-22(31)15-20-9-6-5-7-10-20)28(38)34-24-18-40-26-12-11-21(16-25(26)37(3)29(24)39)27(35-36-32)33-14-8-13-30/h5-7,9-12,16-17,19,24,31H,4,8,14-15,18H2,1-3H3,(H,34,38)(H2,32,33,35)/b23-17+,31-22?. The van der Waals surface area contributed by atoms with Crippen LogP contribution in [0.5, 0.6) is 5.75 Å². The number of ether oxygens (including phenoxy) is 1. The van der Waals surface area contributed by atoms with E-state index < -0.39 is 11.9 Å². The molecule has 0 bridgehead atoms. The van der Waals surface area contributed by atoms with Crippen molar-refractivity contribution in [1.29, 1.82) is 10.7 Å². The number of amides is 2. The van der Waals surface area contributed by atoms with Crippen molar-refractivity contribution in [3.63, 3.8) is 0 Å². The number of allylic oxidation sites excluding steroid dienone is 1. The van der Waals surface area contributed by atoms with Gasteiger partial charge in [0.25, 0.3) is 5.91 Å². The number of nitrogens with one attached hydrogen (secondary N) is 2. The third kappa shape index (κ3) is 7.60. The molecule has 1 heterocycles. The maximum Gasteiger partial charge on any atom is 0.252 e. The Bertz CT molecular complexity index is 1360. The number of likely N-dealkylation sites (N-methyl/N-ethyl adjacent to an activating group) is 1. The van der Waals surface area contributed by atoms with Gasteiger partial charge in [-0.2, -0.15) is 5.26 Å². The average Bonchev–Trinajstić information content (AvgIpc) is 3.07. The average molecular weight is 543 g/mol. The van der Waals surface area contributed by atoms with E-state index in [2.05, 4.69) is 20.6 Å². The van der Waals surface area contributed by atoms with Crippen molar-refractivity contribution in [1.82, 2.24) is 5.32 Å². The van der Waals surface area contributed by atoms with Gasteiger partial charge in [0, 0.05) is 30.3 Å². The summed E-state index contributed by atoms with van der Waals surface area (Å²) in [6, 6.07) is 15.7. The second-order valence-corrected chi connectivity index (χ2v) is 9.34. The van der Waals surface area contributed by atoms with Crippen molar-refractivity contribution in [2.24, 2.45) is 27.1 Å². The highest BCUT2D eigenvalue weighted by Gasteiger charge is 2.32. The maximum absolute atomic E-state index is 13.4. The van der Waals surface area contributed by atoms with E-state index in [0.29, 0.717) is 41.1 Å². The van der Waals surface area contributed by atoms with E-state index >= 15 is 0 Å². The molecule has 11 heteroatoms. The maximum atomic E-state index is 13.4. The van der Waals surface area contributed by atoms with Gasteiger partial charge >= 0.3 is 0 Å². The number of hydrogen-bond acceptors (Lipinski definition) is 7. The lowest BCUT2D eigenvalue weighted by molar-refractivity contribution is -0.126. The highest BCUT2D eigenvalue weighted by Crippen LogP contribution is 2.32. The van der Waals surface area contributed by atoms with E-state index in [9.17, 15) is 9.59 Å². The molecule has 3 rings (SSSR count). The van der Waals surface area contributed by atoms with E-state index in [-0.39, 0.29) is 37.2 Å². The van der Waals surface area contributed by atoms with Crippen molar-refractivity contribution >= 4 is 29.0 Å². The molecule has 40 heavy (non-hydrogen) atoms. The first-order chi connectivity index (χ1) is 19.3. The number of nitrogens with zero attached hydrogens (tertiary/aromatic N) is 5. The zero-order valence-corrected chi connectivity index (χ0v) is 22.9. The molecule has 0 saturated carbocycles. The second-order valence-electron chi connectivity index (χ2n) is 9.34. The lowest BCUT2D eigenvalue weighted by atomic mass is 9.94. The highest BCUT2D eigenvalue weighted by molar-refractivity contribution is 6.07. The van der Waals surface area contributed by atoms with Crippen LogP contribution in [0.15, 0.2) is 75.5 Å². The Morgan fingerprint density at radius 1 is 1.32 bits per heavy atom. The molecule has 4 N–H and O–H groups in total. The number of carbonyl (C=O) groups is 2. The topological polar surface area (TPSA) is 169 Å². The zero-order valence-electron chi connectivity index (χ0n) is 22.9. The van der Waals surface area contributed by atoms with Gasteiger partial charge in [0.2, 0.25) is 5.91 Å². The molecule has 0 spiro atoms. The Morgan fingerprint density at radius 2 is 2.08 bits per heavy atom. The molecule has 2 unspecified atom stereocenters. The van der Waals surface area contributed by atoms with Crippen LogP contribution < -0.4 is 20.8 Å². The fourth-order valence-corrected chi connectivity index (χ4v) is 4.14. The van der Waals surface area contributed by atoms with Crippen LogP contribution in [-0.2, 0) is 16.0 Å². The minimum atomic E-state index is -0.948. The van der Waals surface area contributed by atoms with Crippen molar-refractivity contribution in [2.45, 2.75) is 39.2 Å². The van der Waals surface area contributed by atoms with Crippen molar-refractivity contribution in [3.05, 3.63) is 71.3 Å². The van der Waals surface area contributed by atoms with Gasteiger partial charge in [-0.05, 0) is 42.2 Å². The predicted molar refractivity (Wildman–Crippen MR) is 153 cm³/mol. The van der Waals surface area contributed by atoms with Gasteiger partial charge in [-0.25, -0.2) is 0 Å². The summed E-state index contributed by atoms with van der Waals surface area (Å²) in [7, 11) is 1.59. The van der Waals surface area contributed by atoms with Crippen LogP contribution in [0.2, 0.25) is 0 Å². The number of aliphatic imine (C=N–C) groups is 1. The number of amidine groups is 1. The van der Waals surface area contributed by atoms with Crippen LogP contribution in [0.3, 0.4) is 0 Å². The number of benzene rings is 2. The van der Waals surface area contributed by atoms with Gasteiger partial charge in [0.05, 0.1) is 24.7 Å². The summed E-state index contributed by atoms with van der Waals surface area (Å²) in [5.74, 6) is 5.00. The van der Waals surface area contributed by atoms with Crippen LogP contribution in [0.4, 0.5) is 5.69 Å². The summed E-state index contributed by atoms with van der Waals surface area (Å²) in [5, 5.41) is 27.3. The summed E-state index contributed by atoms with van der Waals surface area (Å²) in [4.78, 5) is 32.5. The Morgan fingerprint density at radius 3 is 2.75 bits per heavy atom. The fraction of sp³-hybridized carbons (Fsp3) is 0.345. The normalized spacial score (nSPS) is 16.5. The first-order valence-electron chi connectivity index (χ1n) is 13.0. The van der Waals surface area contributed by atoms with E-state index in [0.717, 1.165) is 5.56 Å². The molecule has 11 nitrogen and oxygen atoms in total. The molecule has 208 valence electrons. The van der Waals surface area contributed by atoms with Crippen molar-refractivity contribution in [3.8, 4) is 11.8 Å². The summed E-state index contributed by atoms with van der Waals surface area (Å²) >= 11 is 0. The number of hydrogen-bond donors (Lipinski definition) is 3. The molecule has 2 amide bonds. The second kappa shape index (κ2) is 14.3. The summed E-state index contributed by atoms with van der Waals surface area (Å²) in [6.07, 6.45) is 2.89. The van der Waals surface area contributed by atoms with Crippen molar-refractivity contribution < 1.29 is 14.3 Å². The summed E-state index contributed by atoms with van der Waals surface area (Å²) < 4.78 is 5.92. The highest BCUT2D eigenvalue weighted by atomic mass is 16.5. The Balaban J connectivity index is 1.81. The molecule has 2 aromatic carbocycles. The minimum absolute atomic E-state index is 0.0673. The first kappa shape index (κ1) is 29.7. The van der Waals surface area contributed by atoms with Gasteiger partial charge in [-0.15, -0.1) is 5.11 Å². The van der Waals surface area contributed by atoms with Gasteiger partial charge < -0.3 is 26.2 Å². The monoisotopic (exact) mass is 542 g/mol. The van der Waals surface area contributed by atoms with Crippen LogP contribution in [0.1, 0.15) is 37.8 Å². The van der Waals surface area contributed by atoms with E-state index in [1.54, 1.807) is 31.3 Å². The molecule has 1 aliphatic rings. The van der Waals surface area contributed by atoms with E-state index in [1.165, 1.54) is 4.90 Å². The fourth-order valence-electron chi connectivity index (χ4n) is 4.14. The van der Waals surface area contributed by atoms with Crippen molar-refractivity contribution in [2.75, 3.05) is 25.1 Å². The molecular weight excluding hydrogens is 508 g/mol. The molecule has 0 fully saturated rings. The first-order valence-corrected chi connectivity index (χ1v) is 13.0. The molecular formula is C29H34N8O3. The van der Waals surface area contributed by atoms with Gasteiger partial charge in [-0.1, -0.05) is 49.4 Å². The molecule has 0 aliphatic carbocycles. The van der Waals surface area contributed by atoms with Gasteiger partial charge in [-0.3, -0.25) is 14.6 Å². The van der Waals surface area contributed by atoms with Crippen LogP contribution in [-0.4, -0.2) is 49.6 Å². The lowest BCUT2D eigenvalue weighted by Gasteiger charge is -2.22. The van der Waals surface area contributed by atoms with Gasteiger partial charge in [0.15, 0.2) is 5.84 Å². The SMILES string of the molecule is CCC(C)/C(=C\C(=N)Cc1ccccc1)C(=O)NC1COc2ccc(C(N=NN)=NCCC#N)cc2N(C)C1=O. The number of nitriles is 1. The molecule has 1 aliphatic heterocycles. The third-order valence-corrected chi connectivity index (χ3v) is 6.53. The quantitative estimate of drug-likeness (QED) is 0.0788. The largest absolute Gasteiger partial charge is 0.489 e. The number of anilines is 1. The molecule has 2 atom stereocenters. The van der Waals surface area contributed by atoms with E-state index in [1.807, 2.05) is 50.2 Å². The van der Waals surface area contributed by atoms with E-state index in [4.69, 9.17) is 21.3 Å². The summed E-state index contributed by atoms with van der Waals surface area (Å²) in [5.41, 5.74) is 2.72. The number of carbonyl (C=O) groups excluding carboxylic acids is 2. The number of nitrogens with two attached hydrogens (primary N) is 1. The van der Waals surface area contributed by atoms with Gasteiger partial charge in [0.1, 0.15) is 18.4 Å². The molecule has 2 aromatic rings. The Kier molecular flexibility index (Phi) is 10.7.